The van der Waals surface area contributed by atoms with Crippen molar-refractivity contribution in [3.63, 3.8) is 0 Å². The minimum absolute atomic E-state index is 0.129. The summed E-state index contributed by atoms with van der Waals surface area (Å²) in [7, 11) is 1.53. The lowest BCUT2D eigenvalue weighted by Gasteiger charge is -2.41. The van der Waals surface area contributed by atoms with Gasteiger partial charge in [-0.2, -0.15) is 0 Å². The number of hydrogen-bond acceptors (Lipinski definition) is 3. The predicted octanol–water partition coefficient (Wildman–Crippen LogP) is 2.16. The summed E-state index contributed by atoms with van der Waals surface area (Å²) in [5.74, 6) is -0.952. The van der Waals surface area contributed by atoms with Crippen molar-refractivity contribution in [3.05, 3.63) is 29.8 Å². The molecule has 126 valence electrons. The molecule has 1 saturated heterocycles. The number of carbonyl (C=O) groups is 2. The molecule has 0 aliphatic carbocycles. The van der Waals surface area contributed by atoms with Crippen molar-refractivity contribution in [3.8, 4) is 5.75 Å². The normalized spacial score (nSPS) is 22.5. The third-order valence-corrected chi connectivity index (χ3v) is 3.93. The zero-order valence-corrected chi connectivity index (χ0v) is 12.9. The molecule has 5 nitrogen and oxygen atoms in total. The van der Waals surface area contributed by atoms with E-state index in [0.29, 0.717) is 0 Å². The Bertz CT molecular complexity index is 618. The van der Waals surface area contributed by atoms with Crippen molar-refractivity contribution in [2.45, 2.75) is 38.8 Å². The molecule has 1 heterocycles. The first-order valence-corrected chi connectivity index (χ1v) is 7.02. The number of halogens is 3. The van der Waals surface area contributed by atoms with Gasteiger partial charge in [-0.05, 0) is 19.9 Å². The van der Waals surface area contributed by atoms with E-state index in [1.54, 1.807) is 19.9 Å². The van der Waals surface area contributed by atoms with E-state index in [0.717, 1.165) is 0 Å². The summed E-state index contributed by atoms with van der Waals surface area (Å²) < 4.78 is 41.4. The quantitative estimate of drug-likeness (QED) is 0.853. The van der Waals surface area contributed by atoms with Gasteiger partial charge in [0.1, 0.15) is 17.8 Å². The molecule has 0 spiro atoms. The highest BCUT2D eigenvalue weighted by molar-refractivity contribution is 5.96. The van der Waals surface area contributed by atoms with Gasteiger partial charge in [0.25, 0.3) is 0 Å². The smallest absolute Gasteiger partial charge is 0.405 e. The number of alkyl halides is 3. The molecule has 0 bridgehead atoms. The third kappa shape index (κ3) is 3.57. The Morgan fingerprint density at radius 3 is 2.30 bits per heavy atom. The van der Waals surface area contributed by atoms with Gasteiger partial charge in [0, 0.05) is 12.6 Å². The maximum atomic E-state index is 12.5. The SMILES string of the molecule is C[C@H]1C(=O)N(Cc2ccccc2OC(F)(F)F)[C@@H](C)C(=O)N1C. The van der Waals surface area contributed by atoms with Crippen LogP contribution in [0.4, 0.5) is 13.2 Å². The van der Waals surface area contributed by atoms with E-state index in [1.165, 1.54) is 35.0 Å². The highest BCUT2D eigenvalue weighted by Crippen LogP contribution is 2.29. The van der Waals surface area contributed by atoms with Gasteiger partial charge in [0.05, 0.1) is 6.54 Å². The summed E-state index contributed by atoms with van der Waals surface area (Å²) in [6.07, 6.45) is -4.82. The summed E-state index contributed by atoms with van der Waals surface area (Å²) in [5.41, 5.74) is 0.189. The number of likely N-dealkylation sites (N-methyl/N-ethyl adjacent to an activating group) is 1. The van der Waals surface area contributed by atoms with Gasteiger partial charge in [-0.15, -0.1) is 13.2 Å². The molecule has 1 aromatic carbocycles. The molecule has 2 rings (SSSR count). The molecule has 0 saturated carbocycles. The molecule has 0 radical (unpaired) electrons. The van der Waals surface area contributed by atoms with Crippen molar-refractivity contribution >= 4 is 11.8 Å². The van der Waals surface area contributed by atoms with Crippen LogP contribution in [0.25, 0.3) is 0 Å². The number of ether oxygens (including phenoxy) is 1. The average molecular weight is 330 g/mol. The molecule has 23 heavy (non-hydrogen) atoms. The number of piperazine rings is 1. The van der Waals surface area contributed by atoms with Crippen LogP contribution in [0.15, 0.2) is 24.3 Å². The van der Waals surface area contributed by atoms with Crippen LogP contribution in [-0.2, 0) is 16.1 Å². The van der Waals surface area contributed by atoms with E-state index in [4.69, 9.17) is 0 Å². The lowest BCUT2D eigenvalue weighted by atomic mass is 10.1. The van der Waals surface area contributed by atoms with Crippen molar-refractivity contribution in [1.29, 1.82) is 0 Å². The molecule has 2 atom stereocenters. The zero-order chi connectivity index (χ0) is 17.4. The van der Waals surface area contributed by atoms with Crippen LogP contribution in [-0.4, -0.2) is 47.1 Å². The van der Waals surface area contributed by atoms with Crippen LogP contribution in [0.3, 0.4) is 0 Å². The second-order valence-electron chi connectivity index (χ2n) is 5.42. The Kier molecular flexibility index (Phi) is 4.53. The molecular weight excluding hydrogens is 313 g/mol. The summed E-state index contributed by atoms with van der Waals surface area (Å²) in [4.78, 5) is 27.1. The van der Waals surface area contributed by atoms with E-state index in [9.17, 15) is 22.8 Å². The van der Waals surface area contributed by atoms with Gasteiger partial charge >= 0.3 is 6.36 Å². The maximum Gasteiger partial charge on any atom is 0.573 e. The number of amides is 2. The van der Waals surface area contributed by atoms with Gasteiger partial charge in [-0.1, -0.05) is 18.2 Å². The van der Waals surface area contributed by atoms with Crippen LogP contribution in [0.5, 0.6) is 5.75 Å². The predicted molar refractivity (Wildman–Crippen MR) is 75.4 cm³/mol. The van der Waals surface area contributed by atoms with Crippen LogP contribution in [0.1, 0.15) is 19.4 Å². The summed E-state index contributed by atoms with van der Waals surface area (Å²) >= 11 is 0. The first-order chi connectivity index (χ1) is 10.6. The molecule has 1 fully saturated rings. The molecule has 0 unspecified atom stereocenters. The van der Waals surface area contributed by atoms with Gasteiger partial charge < -0.3 is 14.5 Å². The minimum Gasteiger partial charge on any atom is -0.405 e. The second kappa shape index (κ2) is 6.10. The van der Waals surface area contributed by atoms with E-state index >= 15 is 0 Å². The van der Waals surface area contributed by atoms with Gasteiger partial charge in [0.2, 0.25) is 11.8 Å². The molecule has 1 aliphatic rings. The molecule has 0 aromatic heterocycles. The number of hydrogen-bond donors (Lipinski definition) is 0. The van der Waals surface area contributed by atoms with Crippen molar-refractivity contribution < 1.29 is 27.5 Å². The largest absolute Gasteiger partial charge is 0.573 e. The van der Waals surface area contributed by atoms with Crippen LogP contribution < -0.4 is 4.74 Å². The fourth-order valence-electron chi connectivity index (χ4n) is 2.47. The molecular formula is C15H17F3N2O3. The van der Waals surface area contributed by atoms with Gasteiger partial charge in [-0.25, -0.2) is 0 Å². The van der Waals surface area contributed by atoms with Gasteiger partial charge in [0.15, 0.2) is 0 Å². The second-order valence-corrected chi connectivity index (χ2v) is 5.42. The number of benzene rings is 1. The average Bonchev–Trinajstić information content (AvgIpc) is 2.47. The zero-order valence-electron chi connectivity index (χ0n) is 12.9. The lowest BCUT2D eigenvalue weighted by Crippen LogP contribution is -2.61. The van der Waals surface area contributed by atoms with E-state index in [-0.39, 0.29) is 29.7 Å². The molecule has 8 heteroatoms. The summed E-state index contributed by atoms with van der Waals surface area (Å²) in [6, 6.07) is 4.17. The lowest BCUT2D eigenvalue weighted by molar-refractivity contribution is -0.275. The van der Waals surface area contributed by atoms with Crippen molar-refractivity contribution in [1.82, 2.24) is 9.80 Å². The maximum absolute atomic E-state index is 12.5. The fourth-order valence-corrected chi connectivity index (χ4v) is 2.47. The number of rotatable bonds is 3. The summed E-state index contributed by atoms with van der Waals surface area (Å²) in [5, 5.41) is 0. The molecule has 2 amide bonds. The Hall–Kier alpha value is -2.25. The first-order valence-electron chi connectivity index (χ1n) is 7.02. The Morgan fingerprint density at radius 1 is 1.09 bits per heavy atom. The number of para-hydroxylation sites is 1. The van der Waals surface area contributed by atoms with Crippen molar-refractivity contribution in [2.24, 2.45) is 0 Å². The number of carbonyl (C=O) groups excluding carboxylic acids is 2. The molecule has 0 N–H and O–H groups in total. The third-order valence-electron chi connectivity index (χ3n) is 3.93. The monoisotopic (exact) mass is 330 g/mol. The first kappa shape index (κ1) is 17.1. The van der Waals surface area contributed by atoms with Crippen LogP contribution in [0.2, 0.25) is 0 Å². The minimum atomic E-state index is -4.82. The number of nitrogens with zero attached hydrogens (tertiary/aromatic N) is 2. The highest BCUT2D eigenvalue weighted by Gasteiger charge is 2.40. The topological polar surface area (TPSA) is 49.9 Å². The standard InChI is InChI=1S/C15H17F3N2O3/c1-9-14(22)20(10(2)13(21)19(9)3)8-11-6-4-5-7-12(11)23-15(16,17)18/h4-7,9-10H,8H2,1-3H3/t9-,10-/m0/s1. The Balaban J connectivity index is 2.28. The van der Waals surface area contributed by atoms with E-state index in [1.807, 2.05) is 0 Å². The molecule has 1 aromatic rings. The highest BCUT2D eigenvalue weighted by atomic mass is 19.4. The Morgan fingerprint density at radius 2 is 1.70 bits per heavy atom. The van der Waals surface area contributed by atoms with Crippen LogP contribution in [0, 0.1) is 0 Å². The van der Waals surface area contributed by atoms with E-state index in [2.05, 4.69) is 4.74 Å². The molecule has 1 aliphatic heterocycles. The fraction of sp³-hybridized carbons (Fsp3) is 0.467. The van der Waals surface area contributed by atoms with Gasteiger partial charge in [-0.3, -0.25) is 9.59 Å². The van der Waals surface area contributed by atoms with Crippen LogP contribution >= 0.6 is 0 Å². The summed E-state index contributed by atoms with van der Waals surface area (Å²) in [6.45, 7) is 3.00. The van der Waals surface area contributed by atoms with Crippen molar-refractivity contribution in [2.75, 3.05) is 7.05 Å². The Labute approximate surface area is 131 Å². The van der Waals surface area contributed by atoms with E-state index < -0.39 is 18.4 Å².